The average Bonchev–Trinajstić information content (AvgIpc) is 2.85. The number of carbonyl (C=O) groups excluding carboxylic acids is 2. The Labute approximate surface area is 127 Å². The second-order valence-corrected chi connectivity index (χ2v) is 5.00. The SMILES string of the molecule is CCOC(=O)NNC(=O)c1cc(C(C)C)nc2onc(C)c12. The molecule has 8 heteroatoms. The quantitative estimate of drug-likeness (QED) is 0.840. The fourth-order valence-corrected chi connectivity index (χ4v) is 1.93. The first-order valence-electron chi connectivity index (χ1n) is 6.94. The maximum atomic E-state index is 12.3. The lowest BCUT2D eigenvalue weighted by Gasteiger charge is -2.10. The first kappa shape index (κ1) is 15.7. The average molecular weight is 306 g/mol. The summed E-state index contributed by atoms with van der Waals surface area (Å²) in [6.45, 7) is 7.51. The molecule has 0 bridgehead atoms. The van der Waals surface area contributed by atoms with Gasteiger partial charge >= 0.3 is 6.09 Å². The number of amides is 2. The van der Waals surface area contributed by atoms with Crippen molar-refractivity contribution >= 4 is 23.1 Å². The zero-order chi connectivity index (χ0) is 16.3. The smallest absolute Gasteiger partial charge is 0.426 e. The second kappa shape index (κ2) is 6.42. The minimum absolute atomic E-state index is 0.111. The van der Waals surface area contributed by atoms with E-state index in [9.17, 15) is 9.59 Å². The summed E-state index contributed by atoms with van der Waals surface area (Å²) in [7, 11) is 0. The molecule has 0 saturated carbocycles. The number of hydrogen-bond donors (Lipinski definition) is 2. The summed E-state index contributed by atoms with van der Waals surface area (Å²) in [4.78, 5) is 27.9. The van der Waals surface area contributed by atoms with E-state index in [1.54, 1.807) is 19.9 Å². The Morgan fingerprint density at radius 2 is 2.09 bits per heavy atom. The van der Waals surface area contributed by atoms with Crippen molar-refractivity contribution in [1.29, 1.82) is 0 Å². The van der Waals surface area contributed by atoms with E-state index in [2.05, 4.69) is 25.7 Å². The van der Waals surface area contributed by atoms with Crippen molar-refractivity contribution < 1.29 is 18.8 Å². The molecule has 0 fully saturated rings. The molecule has 0 atom stereocenters. The third kappa shape index (κ3) is 3.16. The van der Waals surface area contributed by atoms with Crippen molar-refractivity contribution in [3.63, 3.8) is 0 Å². The largest absolute Gasteiger partial charge is 0.449 e. The minimum Gasteiger partial charge on any atom is -0.449 e. The summed E-state index contributed by atoms with van der Waals surface area (Å²) in [6, 6.07) is 1.67. The van der Waals surface area contributed by atoms with Gasteiger partial charge in [0, 0.05) is 5.69 Å². The normalized spacial score (nSPS) is 10.8. The molecule has 0 aliphatic heterocycles. The van der Waals surface area contributed by atoms with Gasteiger partial charge < -0.3 is 9.26 Å². The first-order valence-corrected chi connectivity index (χ1v) is 6.94. The van der Waals surface area contributed by atoms with E-state index in [1.165, 1.54) is 0 Å². The Morgan fingerprint density at radius 3 is 2.73 bits per heavy atom. The molecular formula is C14H18N4O4. The summed E-state index contributed by atoms with van der Waals surface area (Å²) >= 11 is 0. The zero-order valence-corrected chi connectivity index (χ0v) is 12.9. The van der Waals surface area contributed by atoms with Gasteiger partial charge in [0.25, 0.3) is 11.6 Å². The van der Waals surface area contributed by atoms with Gasteiger partial charge in [-0.2, -0.15) is 0 Å². The molecule has 2 aromatic rings. The molecule has 0 unspecified atom stereocenters. The molecule has 2 N–H and O–H groups in total. The van der Waals surface area contributed by atoms with E-state index < -0.39 is 12.0 Å². The standard InChI is InChI=1S/C14H18N4O4/c1-5-21-14(20)17-16-12(19)9-6-10(7(2)3)15-13-11(9)8(4)18-22-13/h6-7H,5H2,1-4H3,(H,16,19)(H,17,20). The molecule has 2 amide bonds. The highest BCUT2D eigenvalue weighted by atomic mass is 16.6. The van der Waals surface area contributed by atoms with Gasteiger partial charge in [-0.15, -0.1) is 0 Å². The summed E-state index contributed by atoms with van der Waals surface area (Å²) in [6.07, 6.45) is -0.729. The highest BCUT2D eigenvalue weighted by Gasteiger charge is 2.20. The van der Waals surface area contributed by atoms with Crippen molar-refractivity contribution in [2.24, 2.45) is 0 Å². The number of hydrogen-bond acceptors (Lipinski definition) is 6. The van der Waals surface area contributed by atoms with Crippen LogP contribution in [0.1, 0.15) is 48.4 Å². The number of aryl methyl sites for hydroxylation is 1. The number of pyridine rings is 1. The molecule has 2 heterocycles. The molecular weight excluding hydrogens is 288 g/mol. The molecule has 118 valence electrons. The number of fused-ring (bicyclic) bond motifs is 1. The summed E-state index contributed by atoms with van der Waals surface area (Å²) in [5.74, 6) is -0.381. The lowest BCUT2D eigenvalue weighted by atomic mass is 10.0. The van der Waals surface area contributed by atoms with Gasteiger partial charge in [0.05, 0.1) is 23.3 Å². The lowest BCUT2D eigenvalue weighted by molar-refractivity contribution is 0.0914. The summed E-state index contributed by atoms with van der Waals surface area (Å²) < 4.78 is 9.82. The molecule has 0 aliphatic rings. The van der Waals surface area contributed by atoms with Crippen molar-refractivity contribution in [2.75, 3.05) is 6.61 Å². The maximum absolute atomic E-state index is 12.3. The van der Waals surface area contributed by atoms with Gasteiger partial charge in [0.2, 0.25) is 0 Å². The fourth-order valence-electron chi connectivity index (χ4n) is 1.93. The van der Waals surface area contributed by atoms with Gasteiger partial charge in [0.15, 0.2) is 0 Å². The van der Waals surface area contributed by atoms with E-state index in [0.717, 1.165) is 0 Å². The number of nitrogens with one attached hydrogen (secondary N) is 2. The van der Waals surface area contributed by atoms with Gasteiger partial charge in [0.1, 0.15) is 0 Å². The number of rotatable bonds is 3. The van der Waals surface area contributed by atoms with E-state index in [1.807, 2.05) is 13.8 Å². The Kier molecular flexibility index (Phi) is 4.59. The van der Waals surface area contributed by atoms with Crippen LogP contribution in [0.5, 0.6) is 0 Å². The van der Waals surface area contributed by atoms with Crippen LogP contribution in [0.3, 0.4) is 0 Å². The molecule has 0 saturated heterocycles. The number of aromatic nitrogens is 2. The maximum Gasteiger partial charge on any atom is 0.426 e. The predicted molar refractivity (Wildman–Crippen MR) is 78.3 cm³/mol. The fraction of sp³-hybridized carbons (Fsp3) is 0.429. The molecule has 0 spiro atoms. The molecule has 0 radical (unpaired) electrons. The first-order chi connectivity index (χ1) is 10.4. The van der Waals surface area contributed by atoms with Crippen LogP contribution >= 0.6 is 0 Å². The third-order valence-electron chi connectivity index (χ3n) is 3.03. The van der Waals surface area contributed by atoms with Gasteiger partial charge in [-0.3, -0.25) is 10.2 Å². The van der Waals surface area contributed by atoms with Crippen LogP contribution in [-0.4, -0.2) is 28.7 Å². The lowest BCUT2D eigenvalue weighted by Crippen LogP contribution is -2.42. The molecule has 0 aliphatic carbocycles. The molecule has 0 aromatic carbocycles. The Morgan fingerprint density at radius 1 is 1.36 bits per heavy atom. The molecule has 8 nitrogen and oxygen atoms in total. The van der Waals surface area contributed by atoms with Crippen molar-refractivity contribution in [1.82, 2.24) is 21.0 Å². The Bertz CT molecular complexity index is 708. The van der Waals surface area contributed by atoms with Crippen molar-refractivity contribution in [3.8, 4) is 0 Å². The van der Waals surface area contributed by atoms with E-state index >= 15 is 0 Å². The van der Waals surface area contributed by atoms with Crippen LogP contribution in [0, 0.1) is 6.92 Å². The molecule has 2 aromatic heterocycles. The van der Waals surface area contributed by atoms with E-state index in [4.69, 9.17) is 4.52 Å². The Balaban J connectivity index is 2.33. The van der Waals surface area contributed by atoms with Crippen LogP contribution in [0.4, 0.5) is 4.79 Å². The number of carbonyl (C=O) groups is 2. The molecule has 2 rings (SSSR count). The highest BCUT2D eigenvalue weighted by molar-refractivity contribution is 6.06. The van der Waals surface area contributed by atoms with Crippen molar-refractivity contribution in [2.45, 2.75) is 33.6 Å². The number of nitrogens with zero attached hydrogens (tertiary/aromatic N) is 2. The van der Waals surface area contributed by atoms with Crippen molar-refractivity contribution in [3.05, 3.63) is 23.0 Å². The minimum atomic E-state index is -0.729. The van der Waals surface area contributed by atoms with Crippen LogP contribution in [0.2, 0.25) is 0 Å². The van der Waals surface area contributed by atoms with Crippen LogP contribution in [-0.2, 0) is 4.74 Å². The van der Waals surface area contributed by atoms with Gasteiger partial charge in [-0.25, -0.2) is 15.2 Å². The monoisotopic (exact) mass is 306 g/mol. The second-order valence-electron chi connectivity index (χ2n) is 5.00. The van der Waals surface area contributed by atoms with Crippen LogP contribution < -0.4 is 10.9 Å². The van der Waals surface area contributed by atoms with Gasteiger partial charge in [-0.1, -0.05) is 19.0 Å². The Hall–Kier alpha value is -2.64. The predicted octanol–water partition coefficient (Wildman–Crippen LogP) is 2.05. The third-order valence-corrected chi connectivity index (χ3v) is 3.03. The summed E-state index contributed by atoms with van der Waals surface area (Å²) in [5, 5.41) is 4.36. The number of ether oxygens (including phenoxy) is 1. The topological polar surface area (TPSA) is 106 Å². The zero-order valence-electron chi connectivity index (χ0n) is 12.9. The van der Waals surface area contributed by atoms with E-state index in [0.29, 0.717) is 28.1 Å². The number of hydrazine groups is 1. The molecule has 22 heavy (non-hydrogen) atoms. The van der Waals surface area contributed by atoms with Crippen LogP contribution in [0.25, 0.3) is 11.1 Å². The van der Waals surface area contributed by atoms with Gasteiger partial charge in [-0.05, 0) is 25.8 Å². The summed E-state index contributed by atoms with van der Waals surface area (Å²) in [5.41, 5.74) is 6.36. The highest BCUT2D eigenvalue weighted by Crippen LogP contribution is 2.24. The van der Waals surface area contributed by atoms with Crippen LogP contribution in [0.15, 0.2) is 10.6 Å². The van der Waals surface area contributed by atoms with E-state index in [-0.39, 0.29) is 12.5 Å².